The van der Waals surface area contributed by atoms with E-state index in [0.717, 1.165) is 0 Å². The minimum atomic E-state index is -1.72. The Hall–Kier alpha value is -2.17. The summed E-state index contributed by atoms with van der Waals surface area (Å²) in [5, 5.41) is 6.63. The molecular weight excluding hydrogens is 356 g/mol. The van der Waals surface area contributed by atoms with Crippen LogP contribution in [-0.2, 0) is 0 Å². The summed E-state index contributed by atoms with van der Waals surface area (Å²) >= 11 is 0. The molecule has 3 aromatic carbocycles. The zero-order valence-electron chi connectivity index (χ0n) is 16.6. The van der Waals surface area contributed by atoms with Gasteiger partial charge in [-0.15, -0.1) is 0 Å². The van der Waals surface area contributed by atoms with Crippen molar-refractivity contribution in [3.8, 4) is 0 Å². The fraction of sp³-hybridized carbons (Fsp3) is 0.200. The average Bonchev–Trinajstić information content (AvgIpc) is 3.09. The molecule has 0 radical (unpaired) electrons. The van der Waals surface area contributed by atoms with Crippen LogP contribution in [0.2, 0.25) is 25.7 Å². The molecule has 1 atom stereocenters. The van der Waals surface area contributed by atoms with E-state index >= 15 is 0 Å². The molecule has 0 saturated heterocycles. The van der Waals surface area contributed by atoms with Gasteiger partial charge in [0.2, 0.25) is 0 Å². The summed E-state index contributed by atoms with van der Waals surface area (Å²) in [6.45, 7) is 7.69. The van der Waals surface area contributed by atoms with Gasteiger partial charge in [-0.3, -0.25) is 0 Å². The Balaban J connectivity index is 1.95. The predicted molar refractivity (Wildman–Crippen MR) is 124 cm³/mol. The van der Waals surface area contributed by atoms with Gasteiger partial charge in [0.1, 0.15) is 16.1 Å². The molecule has 1 unspecified atom stereocenters. The summed E-state index contributed by atoms with van der Waals surface area (Å²) in [6, 6.07) is 35.1. The topological polar surface area (TPSA) is 0 Å². The number of hydrogen-bond acceptors (Lipinski definition) is 0. The van der Waals surface area contributed by atoms with E-state index < -0.39 is 16.1 Å². The lowest BCUT2D eigenvalue weighted by Crippen LogP contribution is -2.46. The van der Waals surface area contributed by atoms with E-state index in [1.165, 1.54) is 18.0 Å². The van der Waals surface area contributed by atoms with Crippen LogP contribution in [0.5, 0.6) is 0 Å². The SMILES string of the molecule is C[Si](C)(C1=C(c2ccccc2)[Si](C)(c2ccccc2)CC1)c1ccccc1. The van der Waals surface area contributed by atoms with Crippen LogP contribution in [0.25, 0.3) is 5.20 Å². The van der Waals surface area contributed by atoms with E-state index in [1.54, 1.807) is 20.8 Å². The maximum atomic E-state index is 2.59. The smallest absolute Gasteiger partial charge is 0.0760 e. The molecule has 1 aliphatic rings. The average molecular weight is 385 g/mol. The van der Waals surface area contributed by atoms with E-state index in [9.17, 15) is 0 Å². The zero-order chi connectivity index (χ0) is 18.9. The van der Waals surface area contributed by atoms with Crippen LogP contribution in [0.3, 0.4) is 0 Å². The van der Waals surface area contributed by atoms with Crippen LogP contribution in [0, 0.1) is 0 Å². The fourth-order valence-electron chi connectivity index (χ4n) is 4.80. The third-order valence-electron chi connectivity index (χ3n) is 6.45. The zero-order valence-corrected chi connectivity index (χ0v) is 18.6. The van der Waals surface area contributed by atoms with Crippen molar-refractivity contribution < 1.29 is 0 Å². The van der Waals surface area contributed by atoms with E-state index in [2.05, 4.69) is 111 Å². The molecular formula is C25H28Si2. The second-order valence-corrected chi connectivity index (χ2v) is 17.1. The van der Waals surface area contributed by atoms with Crippen LogP contribution in [0.15, 0.2) is 96.2 Å². The third-order valence-corrected chi connectivity index (χ3v) is 15.0. The second kappa shape index (κ2) is 7.10. The first-order chi connectivity index (χ1) is 13.0. The number of benzene rings is 3. The van der Waals surface area contributed by atoms with Gasteiger partial charge in [-0.25, -0.2) is 0 Å². The maximum Gasteiger partial charge on any atom is 0.115 e. The van der Waals surface area contributed by atoms with Gasteiger partial charge in [0.15, 0.2) is 0 Å². The fourth-order valence-corrected chi connectivity index (χ4v) is 13.8. The number of allylic oxidation sites excluding steroid dienone is 1. The minimum Gasteiger partial charge on any atom is -0.0760 e. The van der Waals surface area contributed by atoms with E-state index in [0.29, 0.717) is 0 Å². The van der Waals surface area contributed by atoms with Crippen molar-refractivity contribution in [1.29, 1.82) is 0 Å². The molecule has 0 amide bonds. The van der Waals surface area contributed by atoms with Gasteiger partial charge >= 0.3 is 0 Å². The first kappa shape index (κ1) is 18.2. The summed E-state index contributed by atoms with van der Waals surface area (Å²) in [5.74, 6) is 0. The van der Waals surface area contributed by atoms with Crippen LogP contribution in [0.1, 0.15) is 12.0 Å². The van der Waals surface area contributed by atoms with Crippen molar-refractivity contribution in [2.24, 2.45) is 0 Å². The van der Waals surface area contributed by atoms with Crippen LogP contribution < -0.4 is 10.4 Å². The van der Waals surface area contributed by atoms with Crippen LogP contribution in [0.4, 0.5) is 0 Å². The molecule has 0 bridgehead atoms. The van der Waals surface area contributed by atoms with Crippen molar-refractivity contribution in [3.63, 3.8) is 0 Å². The van der Waals surface area contributed by atoms with Crippen molar-refractivity contribution >= 4 is 31.7 Å². The maximum absolute atomic E-state index is 2.59. The molecule has 2 heteroatoms. The van der Waals surface area contributed by atoms with Crippen molar-refractivity contribution in [1.82, 2.24) is 0 Å². The van der Waals surface area contributed by atoms with Gasteiger partial charge in [0.25, 0.3) is 0 Å². The highest BCUT2D eigenvalue weighted by Crippen LogP contribution is 2.44. The van der Waals surface area contributed by atoms with E-state index in [4.69, 9.17) is 0 Å². The van der Waals surface area contributed by atoms with Crippen LogP contribution in [-0.4, -0.2) is 16.1 Å². The van der Waals surface area contributed by atoms with Gasteiger partial charge in [-0.05, 0) is 18.0 Å². The van der Waals surface area contributed by atoms with Gasteiger partial charge in [-0.2, -0.15) is 0 Å². The summed E-state index contributed by atoms with van der Waals surface area (Å²) in [4.78, 5) is 0. The molecule has 0 N–H and O–H groups in total. The van der Waals surface area contributed by atoms with Crippen molar-refractivity contribution in [2.75, 3.05) is 0 Å². The predicted octanol–water partition coefficient (Wildman–Crippen LogP) is 5.52. The highest BCUT2D eigenvalue weighted by atomic mass is 28.3. The largest absolute Gasteiger partial charge is 0.115 e. The van der Waals surface area contributed by atoms with Gasteiger partial charge in [0.05, 0.1) is 0 Å². The third kappa shape index (κ3) is 3.17. The first-order valence-corrected chi connectivity index (χ1v) is 15.6. The quantitative estimate of drug-likeness (QED) is 0.519. The Morgan fingerprint density at radius 3 is 1.81 bits per heavy atom. The molecule has 0 aliphatic carbocycles. The van der Waals surface area contributed by atoms with E-state index in [1.807, 2.05) is 0 Å². The molecule has 136 valence electrons. The summed E-state index contributed by atoms with van der Waals surface area (Å²) < 4.78 is 0. The molecule has 0 nitrogen and oxygen atoms in total. The molecule has 1 aliphatic heterocycles. The molecule has 0 fully saturated rings. The minimum absolute atomic E-state index is 1.26. The second-order valence-electron chi connectivity index (χ2n) is 8.41. The van der Waals surface area contributed by atoms with E-state index in [-0.39, 0.29) is 0 Å². The molecule has 0 aromatic heterocycles. The summed E-state index contributed by atoms with van der Waals surface area (Å²) in [5.41, 5.74) is 1.46. The lowest BCUT2D eigenvalue weighted by Gasteiger charge is -2.31. The number of hydrogen-bond donors (Lipinski definition) is 0. The standard InChI is InChI=1S/C25H28Si2/c1-26(2,22-15-9-5-10-16-22)24-19-20-27(3,23-17-11-6-12-18-23)25(24)21-13-7-4-8-14-21/h4-18H,19-20H2,1-3H3. The molecule has 0 saturated carbocycles. The highest BCUT2D eigenvalue weighted by molar-refractivity contribution is 7.10. The van der Waals surface area contributed by atoms with Gasteiger partial charge in [0, 0.05) is 0 Å². The van der Waals surface area contributed by atoms with Crippen molar-refractivity contribution in [2.45, 2.75) is 32.1 Å². The number of rotatable bonds is 4. The lowest BCUT2D eigenvalue weighted by atomic mass is 10.2. The monoisotopic (exact) mass is 384 g/mol. The van der Waals surface area contributed by atoms with Gasteiger partial charge < -0.3 is 0 Å². The first-order valence-electron chi connectivity index (χ1n) is 9.94. The highest BCUT2D eigenvalue weighted by Gasteiger charge is 2.45. The molecule has 27 heavy (non-hydrogen) atoms. The molecule has 4 rings (SSSR count). The molecule has 1 heterocycles. The van der Waals surface area contributed by atoms with Crippen LogP contribution >= 0.6 is 0 Å². The Bertz CT molecular complexity index is 943. The Kier molecular flexibility index (Phi) is 4.79. The summed E-state index contributed by atoms with van der Waals surface area (Å²) in [7, 11) is -3.42. The molecule has 3 aromatic rings. The molecule has 0 spiro atoms. The summed E-state index contributed by atoms with van der Waals surface area (Å²) in [6.07, 6.45) is 1.26. The Labute approximate surface area is 165 Å². The Morgan fingerprint density at radius 1 is 0.704 bits per heavy atom. The van der Waals surface area contributed by atoms with Crippen molar-refractivity contribution in [3.05, 3.63) is 102 Å². The normalized spacial score (nSPS) is 20.1. The van der Waals surface area contributed by atoms with Gasteiger partial charge in [-0.1, -0.05) is 131 Å². The Morgan fingerprint density at radius 2 is 1.22 bits per heavy atom. The lowest BCUT2D eigenvalue weighted by molar-refractivity contribution is 1.18.